The van der Waals surface area contributed by atoms with Crippen LogP contribution in [0.4, 0.5) is 0 Å². The Hall–Kier alpha value is -1.78. The van der Waals surface area contributed by atoms with Gasteiger partial charge in [0.1, 0.15) is 5.75 Å². The number of methoxy groups -OCH3 is 1. The molecule has 0 aliphatic rings. The molecule has 0 bridgehead atoms. The first-order valence-corrected chi connectivity index (χ1v) is 9.66. The molecular formula is C23H33BO3. The van der Waals surface area contributed by atoms with E-state index >= 15 is 0 Å². The normalized spacial score (nSPS) is 12.3. The van der Waals surface area contributed by atoms with Crippen LogP contribution in [0.1, 0.15) is 47.1 Å². The first-order valence-electron chi connectivity index (χ1n) is 9.66. The highest BCUT2D eigenvalue weighted by atomic mass is 16.5. The van der Waals surface area contributed by atoms with Gasteiger partial charge in [0, 0.05) is 5.56 Å². The monoisotopic (exact) mass is 368 g/mol. The van der Waals surface area contributed by atoms with Gasteiger partial charge in [-0.25, -0.2) is 0 Å². The molecule has 0 aromatic heterocycles. The molecule has 0 aliphatic heterocycles. The van der Waals surface area contributed by atoms with E-state index in [1.165, 1.54) is 5.56 Å². The van der Waals surface area contributed by atoms with Crippen molar-refractivity contribution in [2.45, 2.75) is 59.2 Å². The molecule has 0 amide bonds. The third kappa shape index (κ3) is 5.60. The maximum atomic E-state index is 10.4. The first-order chi connectivity index (χ1) is 12.5. The van der Waals surface area contributed by atoms with Gasteiger partial charge in [-0.15, -0.1) is 0 Å². The van der Waals surface area contributed by atoms with Crippen molar-refractivity contribution >= 4 is 12.9 Å². The average molecular weight is 368 g/mol. The van der Waals surface area contributed by atoms with Crippen molar-refractivity contribution in [1.82, 2.24) is 0 Å². The Labute approximate surface area is 165 Å². The summed E-state index contributed by atoms with van der Waals surface area (Å²) < 4.78 is 11.7. The maximum absolute atomic E-state index is 10.4. The van der Waals surface area contributed by atoms with Crippen molar-refractivity contribution in [3.63, 3.8) is 0 Å². The van der Waals surface area contributed by atoms with Crippen molar-refractivity contribution in [3.8, 4) is 16.9 Å². The van der Waals surface area contributed by atoms with Gasteiger partial charge in [-0.3, -0.25) is 0 Å². The maximum Gasteiger partial charge on any atom is 0.309 e. The van der Waals surface area contributed by atoms with E-state index < -0.39 is 11.2 Å². The lowest BCUT2D eigenvalue weighted by atomic mass is 9.80. The summed E-state index contributed by atoms with van der Waals surface area (Å²) in [6, 6.07) is 14.7. The number of ether oxygens (including phenoxy) is 1. The van der Waals surface area contributed by atoms with Crippen LogP contribution in [-0.4, -0.2) is 30.9 Å². The molecule has 2 rings (SSSR count). The van der Waals surface area contributed by atoms with Gasteiger partial charge in [0.15, 0.2) is 0 Å². The lowest BCUT2D eigenvalue weighted by Crippen LogP contribution is -2.49. The minimum Gasteiger partial charge on any atom is -0.496 e. The topological polar surface area (TPSA) is 38.7 Å². The number of hydrogen-bond donors (Lipinski definition) is 1. The molecule has 146 valence electrons. The van der Waals surface area contributed by atoms with Gasteiger partial charge in [0.05, 0.1) is 18.3 Å². The number of aliphatic hydroxyl groups is 1. The van der Waals surface area contributed by atoms with Crippen molar-refractivity contribution in [3.05, 3.63) is 48.0 Å². The zero-order chi connectivity index (χ0) is 20.2. The third-order valence-corrected chi connectivity index (χ3v) is 5.19. The average Bonchev–Trinajstić information content (AvgIpc) is 2.58. The van der Waals surface area contributed by atoms with E-state index in [4.69, 9.17) is 9.39 Å². The summed E-state index contributed by atoms with van der Waals surface area (Å²) in [5, 5.41) is 10.4. The minimum atomic E-state index is -0.923. The van der Waals surface area contributed by atoms with Gasteiger partial charge < -0.3 is 14.5 Å². The fourth-order valence-electron chi connectivity index (χ4n) is 2.91. The molecule has 1 N–H and O–H groups in total. The van der Waals surface area contributed by atoms with E-state index in [-0.39, 0.29) is 0 Å². The Kier molecular flexibility index (Phi) is 6.77. The molecule has 0 heterocycles. The Morgan fingerprint density at radius 3 is 2.30 bits per heavy atom. The quantitative estimate of drug-likeness (QED) is 0.713. The zero-order valence-corrected chi connectivity index (χ0v) is 17.8. The number of hydrogen-bond acceptors (Lipinski definition) is 3. The summed E-state index contributed by atoms with van der Waals surface area (Å²) in [6.45, 7) is 11.9. The second kappa shape index (κ2) is 8.49. The molecule has 2 aromatic carbocycles. The lowest BCUT2D eigenvalue weighted by Gasteiger charge is -2.37. The van der Waals surface area contributed by atoms with Crippen molar-refractivity contribution in [1.29, 1.82) is 0 Å². The third-order valence-electron chi connectivity index (χ3n) is 5.19. The minimum absolute atomic E-state index is 0.449. The summed E-state index contributed by atoms with van der Waals surface area (Å²) in [6.07, 6.45) is 1.00. The molecule has 0 saturated heterocycles. The van der Waals surface area contributed by atoms with E-state index in [2.05, 4.69) is 38.1 Å². The molecule has 3 nitrogen and oxygen atoms in total. The summed E-state index contributed by atoms with van der Waals surface area (Å²) in [5.74, 6) is 1.43. The van der Waals surface area contributed by atoms with Gasteiger partial charge in [-0.2, -0.15) is 0 Å². The van der Waals surface area contributed by atoms with Crippen LogP contribution in [0, 0.1) is 5.92 Å². The molecule has 2 aromatic rings. The molecule has 0 spiro atoms. The highest BCUT2D eigenvalue weighted by molar-refractivity contribution is 6.47. The Morgan fingerprint density at radius 1 is 1.04 bits per heavy atom. The van der Waals surface area contributed by atoms with Gasteiger partial charge in [0.25, 0.3) is 0 Å². The SMILES string of the molecule is COc1ccccc1-c1cc(BOC(C)(C)C(C)(C)O)cc(CC(C)C)c1. The Bertz CT molecular complexity index is 760. The predicted octanol–water partition coefficient (Wildman–Crippen LogP) is 4.10. The molecule has 0 radical (unpaired) electrons. The summed E-state index contributed by atoms with van der Waals surface area (Å²) in [5.41, 5.74) is 3.03. The Morgan fingerprint density at radius 2 is 1.70 bits per heavy atom. The molecule has 0 fully saturated rings. The fourth-order valence-corrected chi connectivity index (χ4v) is 2.91. The van der Waals surface area contributed by atoms with Crippen LogP contribution in [0.3, 0.4) is 0 Å². The van der Waals surface area contributed by atoms with Crippen LogP contribution >= 0.6 is 0 Å². The molecule has 0 saturated carbocycles. The summed E-state index contributed by atoms with van der Waals surface area (Å²) in [7, 11) is 2.15. The largest absolute Gasteiger partial charge is 0.496 e. The van der Waals surface area contributed by atoms with E-state index in [0.717, 1.165) is 28.8 Å². The molecule has 0 aliphatic carbocycles. The van der Waals surface area contributed by atoms with Crippen LogP contribution in [0.15, 0.2) is 42.5 Å². The summed E-state index contributed by atoms with van der Waals surface area (Å²) >= 11 is 0. The van der Waals surface area contributed by atoms with Gasteiger partial charge >= 0.3 is 7.48 Å². The number of rotatable bonds is 8. The van der Waals surface area contributed by atoms with Gasteiger partial charge in [0.2, 0.25) is 0 Å². The van der Waals surface area contributed by atoms with Crippen LogP contribution in [-0.2, 0) is 11.1 Å². The fraction of sp³-hybridized carbons (Fsp3) is 0.478. The Balaban J connectivity index is 2.40. The molecular weight excluding hydrogens is 335 g/mol. The van der Waals surface area contributed by atoms with Crippen LogP contribution < -0.4 is 10.2 Å². The van der Waals surface area contributed by atoms with E-state index in [0.29, 0.717) is 13.4 Å². The van der Waals surface area contributed by atoms with Crippen molar-refractivity contribution in [2.75, 3.05) is 7.11 Å². The van der Waals surface area contributed by atoms with Crippen LogP contribution in [0.5, 0.6) is 5.75 Å². The smallest absolute Gasteiger partial charge is 0.309 e. The predicted molar refractivity (Wildman–Crippen MR) is 115 cm³/mol. The van der Waals surface area contributed by atoms with E-state index in [9.17, 15) is 5.11 Å². The second-order valence-corrected chi connectivity index (χ2v) is 8.69. The van der Waals surface area contributed by atoms with Crippen molar-refractivity contribution in [2.24, 2.45) is 5.92 Å². The molecule has 4 heteroatoms. The molecule has 27 heavy (non-hydrogen) atoms. The lowest BCUT2D eigenvalue weighted by molar-refractivity contribution is -0.0893. The highest BCUT2D eigenvalue weighted by Crippen LogP contribution is 2.30. The number of para-hydroxylation sites is 1. The van der Waals surface area contributed by atoms with Crippen molar-refractivity contribution < 1.29 is 14.5 Å². The molecule has 0 unspecified atom stereocenters. The van der Waals surface area contributed by atoms with E-state index in [1.807, 2.05) is 32.0 Å². The standard InChI is InChI=1S/C23H33BO3/c1-16(2)12-17-13-18(20-10-8-9-11-21(20)26-7)15-19(14-17)24-27-23(5,6)22(3,4)25/h8-11,13-16,24-25H,12H2,1-7H3. The van der Waals surface area contributed by atoms with Gasteiger partial charge in [-0.1, -0.05) is 55.7 Å². The van der Waals surface area contributed by atoms with E-state index in [1.54, 1.807) is 21.0 Å². The second-order valence-electron chi connectivity index (χ2n) is 8.69. The summed E-state index contributed by atoms with van der Waals surface area (Å²) in [4.78, 5) is 0. The number of benzene rings is 2. The first kappa shape index (κ1) is 21.5. The van der Waals surface area contributed by atoms with Gasteiger partial charge in [-0.05, 0) is 57.2 Å². The van der Waals surface area contributed by atoms with Crippen LogP contribution in [0.25, 0.3) is 11.1 Å². The zero-order valence-electron chi connectivity index (χ0n) is 17.8. The molecule has 0 atom stereocenters. The van der Waals surface area contributed by atoms with Crippen LogP contribution in [0.2, 0.25) is 0 Å². The highest BCUT2D eigenvalue weighted by Gasteiger charge is 2.35.